The molecule has 0 nitrogen and oxygen atoms in total. The highest BCUT2D eigenvalue weighted by molar-refractivity contribution is 5.82. The number of hydrogen-bond donors (Lipinski definition) is 0. The fourth-order valence-corrected chi connectivity index (χ4v) is 3.09. The summed E-state index contributed by atoms with van der Waals surface area (Å²) >= 11 is 0. The van der Waals surface area contributed by atoms with Crippen LogP contribution >= 0.6 is 0 Å². The first-order valence-corrected chi connectivity index (χ1v) is 8.85. The summed E-state index contributed by atoms with van der Waals surface area (Å²) in [5, 5.41) is 0. The van der Waals surface area contributed by atoms with Crippen LogP contribution in [0, 0.1) is 6.92 Å². The van der Waals surface area contributed by atoms with Crippen LogP contribution in [0.5, 0.6) is 0 Å². The average molecular weight is 336 g/mol. The minimum Gasteiger partial charge on any atom is -0.0984 e. The molecule has 0 aromatic heterocycles. The maximum Gasteiger partial charge on any atom is -0.0111 e. The van der Waals surface area contributed by atoms with Crippen molar-refractivity contribution in [3.05, 3.63) is 108 Å². The number of allylic oxidation sites excluding steroid dienone is 2. The van der Waals surface area contributed by atoms with Crippen molar-refractivity contribution in [2.75, 3.05) is 0 Å². The molecule has 0 atom stereocenters. The van der Waals surface area contributed by atoms with Crippen LogP contribution in [0.3, 0.4) is 0 Å². The van der Waals surface area contributed by atoms with Crippen LogP contribution in [-0.2, 0) is 0 Å². The predicted octanol–water partition coefficient (Wildman–Crippen LogP) is 7.56. The summed E-state index contributed by atoms with van der Waals surface area (Å²) in [6.45, 7) is 12.1. The maximum atomic E-state index is 4.02. The fourth-order valence-electron chi connectivity index (χ4n) is 3.09. The van der Waals surface area contributed by atoms with E-state index in [1.54, 1.807) is 0 Å². The zero-order valence-corrected chi connectivity index (χ0v) is 15.5. The van der Waals surface area contributed by atoms with Crippen molar-refractivity contribution in [1.29, 1.82) is 0 Å². The number of rotatable bonds is 5. The molecule has 0 saturated carbocycles. The Morgan fingerprint density at radius 3 is 2.19 bits per heavy atom. The van der Waals surface area contributed by atoms with Gasteiger partial charge in [-0.15, -0.1) is 0 Å². The van der Waals surface area contributed by atoms with E-state index in [1.807, 2.05) is 19.1 Å². The molecule has 0 fully saturated rings. The number of hydrogen-bond acceptors (Lipinski definition) is 0. The van der Waals surface area contributed by atoms with Gasteiger partial charge in [0, 0.05) is 0 Å². The summed E-state index contributed by atoms with van der Waals surface area (Å²) in [4.78, 5) is 0. The smallest absolute Gasteiger partial charge is 0.0111 e. The molecule has 0 aliphatic rings. The Kier molecular flexibility index (Phi) is 5.34. The molecule has 0 aliphatic carbocycles. The van der Waals surface area contributed by atoms with Gasteiger partial charge in [-0.3, -0.25) is 0 Å². The minimum atomic E-state index is 1.05. The Hall–Kier alpha value is -3.12. The van der Waals surface area contributed by atoms with Crippen LogP contribution in [0.25, 0.3) is 34.4 Å². The van der Waals surface area contributed by atoms with Crippen LogP contribution in [0.2, 0.25) is 0 Å². The SMILES string of the molecule is C=Cc1cc(-c2ccc(C)cc2C=CC(=C)C)ccc1-c1ccccc1. The van der Waals surface area contributed by atoms with Crippen LogP contribution in [0.1, 0.15) is 23.6 Å². The van der Waals surface area contributed by atoms with E-state index < -0.39 is 0 Å². The second-order valence-electron chi connectivity index (χ2n) is 6.64. The van der Waals surface area contributed by atoms with Crippen molar-refractivity contribution < 1.29 is 0 Å². The van der Waals surface area contributed by atoms with Gasteiger partial charge in [-0.1, -0.05) is 103 Å². The van der Waals surface area contributed by atoms with Crippen molar-refractivity contribution in [2.24, 2.45) is 0 Å². The molecule has 0 saturated heterocycles. The largest absolute Gasteiger partial charge is 0.0984 e. The van der Waals surface area contributed by atoms with Gasteiger partial charge in [-0.2, -0.15) is 0 Å². The van der Waals surface area contributed by atoms with Gasteiger partial charge in [0.2, 0.25) is 0 Å². The third-order valence-corrected chi connectivity index (χ3v) is 4.42. The van der Waals surface area contributed by atoms with Gasteiger partial charge in [-0.25, -0.2) is 0 Å². The molecule has 0 aliphatic heterocycles. The van der Waals surface area contributed by atoms with Crippen molar-refractivity contribution in [1.82, 2.24) is 0 Å². The van der Waals surface area contributed by atoms with E-state index in [0.717, 1.165) is 11.1 Å². The molecule has 3 aromatic carbocycles. The first-order chi connectivity index (χ1) is 12.6. The lowest BCUT2D eigenvalue weighted by Crippen LogP contribution is -1.89. The monoisotopic (exact) mass is 336 g/mol. The second kappa shape index (κ2) is 7.84. The van der Waals surface area contributed by atoms with Crippen LogP contribution in [0.4, 0.5) is 0 Å². The van der Waals surface area contributed by atoms with Crippen molar-refractivity contribution in [2.45, 2.75) is 13.8 Å². The standard InChI is InChI=1S/C26H24/c1-5-21-18-24(14-16-25(21)22-9-7-6-8-10-22)26-15-12-20(4)17-23(26)13-11-19(2)3/h5-18H,1-2H2,3-4H3. The fraction of sp³-hybridized carbons (Fsp3) is 0.0769. The summed E-state index contributed by atoms with van der Waals surface area (Å²) in [5.74, 6) is 0. The van der Waals surface area contributed by atoms with Crippen LogP contribution in [0.15, 0.2) is 91.5 Å². The molecule has 0 N–H and O–H groups in total. The quantitative estimate of drug-likeness (QED) is 0.422. The van der Waals surface area contributed by atoms with Crippen molar-refractivity contribution in [3.8, 4) is 22.3 Å². The maximum absolute atomic E-state index is 4.02. The van der Waals surface area contributed by atoms with Crippen molar-refractivity contribution in [3.63, 3.8) is 0 Å². The first-order valence-electron chi connectivity index (χ1n) is 8.85. The number of aryl methyl sites for hydroxylation is 1. The van der Waals surface area contributed by atoms with Gasteiger partial charge in [0.25, 0.3) is 0 Å². The third-order valence-electron chi connectivity index (χ3n) is 4.42. The van der Waals surface area contributed by atoms with Crippen molar-refractivity contribution >= 4 is 12.2 Å². The molecule has 0 amide bonds. The Balaban J connectivity index is 2.11. The molecule has 0 unspecified atom stereocenters. The van der Waals surface area contributed by atoms with Crippen LogP contribution in [-0.4, -0.2) is 0 Å². The summed E-state index contributed by atoms with van der Waals surface area (Å²) in [6, 6.07) is 23.6. The highest BCUT2D eigenvalue weighted by Crippen LogP contribution is 2.32. The van der Waals surface area contributed by atoms with Gasteiger partial charge < -0.3 is 0 Å². The lowest BCUT2D eigenvalue weighted by molar-refractivity contribution is 1.45. The van der Waals surface area contributed by atoms with E-state index in [0.29, 0.717) is 0 Å². The molecular weight excluding hydrogens is 312 g/mol. The first kappa shape index (κ1) is 17.7. The highest BCUT2D eigenvalue weighted by Gasteiger charge is 2.08. The molecule has 0 bridgehead atoms. The lowest BCUT2D eigenvalue weighted by Gasteiger charge is -2.12. The van der Waals surface area contributed by atoms with E-state index in [9.17, 15) is 0 Å². The normalized spacial score (nSPS) is 10.8. The van der Waals surface area contributed by atoms with E-state index in [-0.39, 0.29) is 0 Å². The summed E-state index contributed by atoms with van der Waals surface area (Å²) < 4.78 is 0. The van der Waals surface area contributed by atoms with E-state index >= 15 is 0 Å². The van der Waals surface area contributed by atoms with E-state index in [4.69, 9.17) is 0 Å². The molecule has 0 radical (unpaired) electrons. The predicted molar refractivity (Wildman–Crippen MR) is 116 cm³/mol. The Morgan fingerprint density at radius 2 is 1.50 bits per heavy atom. The summed E-state index contributed by atoms with van der Waals surface area (Å²) in [6.07, 6.45) is 6.14. The van der Waals surface area contributed by atoms with Gasteiger partial charge >= 0.3 is 0 Å². The highest BCUT2D eigenvalue weighted by atomic mass is 14.1. The molecular formula is C26H24. The second-order valence-corrected chi connectivity index (χ2v) is 6.64. The average Bonchev–Trinajstić information content (AvgIpc) is 2.66. The zero-order chi connectivity index (χ0) is 18.5. The van der Waals surface area contributed by atoms with E-state index in [2.05, 4.69) is 92.9 Å². The topological polar surface area (TPSA) is 0 Å². The van der Waals surface area contributed by atoms with E-state index in [1.165, 1.54) is 33.4 Å². The Morgan fingerprint density at radius 1 is 0.808 bits per heavy atom. The van der Waals surface area contributed by atoms with Gasteiger partial charge in [0.1, 0.15) is 0 Å². The van der Waals surface area contributed by atoms with Gasteiger partial charge in [0.05, 0.1) is 0 Å². The molecule has 3 rings (SSSR count). The molecule has 128 valence electrons. The lowest BCUT2D eigenvalue weighted by atomic mass is 9.92. The Bertz CT molecular complexity index is 972. The summed E-state index contributed by atoms with van der Waals surface area (Å²) in [5.41, 5.74) is 9.47. The molecule has 3 aromatic rings. The molecule has 26 heavy (non-hydrogen) atoms. The van der Waals surface area contributed by atoms with Gasteiger partial charge in [-0.05, 0) is 53.3 Å². The number of benzene rings is 3. The molecule has 0 heterocycles. The summed E-state index contributed by atoms with van der Waals surface area (Å²) in [7, 11) is 0. The molecule has 0 heteroatoms. The zero-order valence-electron chi connectivity index (χ0n) is 15.5. The minimum absolute atomic E-state index is 1.05. The van der Waals surface area contributed by atoms with Crippen LogP contribution < -0.4 is 0 Å². The third kappa shape index (κ3) is 3.92. The Labute approximate surface area is 156 Å². The molecule has 0 spiro atoms. The van der Waals surface area contributed by atoms with Gasteiger partial charge in [0.15, 0.2) is 0 Å².